The van der Waals surface area contributed by atoms with Gasteiger partial charge >= 0.3 is 6.18 Å². The summed E-state index contributed by atoms with van der Waals surface area (Å²) in [7, 11) is 0. The van der Waals surface area contributed by atoms with Gasteiger partial charge in [-0.3, -0.25) is 4.79 Å². The Hall–Kier alpha value is -2.27. The van der Waals surface area contributed by atoms with Crippen molar-refractivity contribution in [3.05, 3.63) is 30.1 Å². The Balaban J connectivity index is 2.25. The highest BCUT2D eigenvalue weighted by Gasteiger charge is 2.35. The van der Waals surface area contributed by atoms with Gasteiger partial charge in [0.05, 0.1) is 11.3 Å². The van der Waals surface area contributed by atoms with Gasteiger partial charge in [0.15, 0.2) is 0 Å². The van der Waals surface area contributed by atoms with E-state index in [1.54, 1.807) is 18.2 Å². The molecule has 0 saturated carbocycles. The molecule has 0 radical (unpaired) electrons. The highest BCUT2D eigenvalue weighted by atomic mass is 32.2. The molecule has 0 bridgehead atoms. The Morgan fingerprint density at radius 1 is 1.23 bits per heavy atom. The van der Waals surface area contributed by atoms with E-state index < -0.39 is 17.5 Å². The second-order valence-electron chi connectivity index (χ2n) is 5.64. The summed E-state index contributed by atoms with van der Waals surface area (Å²) in [6, 6.07) is 6.38. The third-order valence-corrected chi connectivity index (χ3v) is 5.02. The van der Waals surface area contributed by atoms with Crippen LogP contribution in [0.4, 0.5) is 13.2 Å². The molecule has 1 heterocycles. The molecular weight excluding hydrogens is 363 g/mol. The molecule has 1 N–H and O–H groups in total. The van der Waals surface area contributed by atoms with Crippen LogP contribution in [0.2, 0.25) is 0 Å². The first-order valence-corrected chi connectivity index (χ1v) is 8.98. The van der Waals surface area contributed by atoms with Crippen molar-refractivity contribution in [1.82, 2.24) is 15.3 Å². The molecule has 0 aliphatic rings. The Kier molecular flexibility index (Phi) is 6.13. The minimum absolute atomic E-state index is 0.0955. The van der Waals surface area contributed by atoms with Crippen molar-refractivity contribution >= 4 is 28.6 Å². The number of terminal acetylenes is 1. The van der Waals surface area contributed by atoms with Crippen molar-refractivity contribution in [3.63, 3.8) is 0 Å². The van der Waals surface area contributed by atoms with Gasteiger partial charge in [-0.25, -0.2) is 9.97 Å². The van der Waals surface area contributed by atoms with Gasteiger partial charge in [-0.15, -0.1) is 6.42 Å². The SMILES string of the molecule is C#CC(CC)(CC)NC(=O)CSc1nc(C(F)(F)F)nc2ccccc12. The van der Waals surface area contributed by atoms with E-state index in [0.29, 0.717) is 18.2 Å². The fourth-order valence-electron chi connectivity index (χ4n) is 2.39. The number of carbonyl (C=O) groups excluding carboxylic acids is 1. The van der Waals surface area contributed by atoms with Crippen LogP contribution in [0.5, 0.6) is 0 Å². The number of nitrogens with zero attached hydrogens (tertiary/aromatic N) is 2. The van der Waals surface area contributed by atoms with Crippen LogP contribution in [-0.2, 0) is 11.0 Å². The van der Waals surface area contributed by atoms with Gasteiger partial charge in [-0.05, 0) is 18.9 Å². The maximum atomic E-state index is 13.0. The molecule has 0 aliphatic heterocycles. The molecule has 1 aromatic heterocycles. The van der Waals surface area contributed by atoms with Gasteiger partial charge < -0.3 is 5.32 Å². The van der Waals surface area contributed by atoms with Crippen LogP contribution in [0, 0.1) is 12.3 Å². The Morgan fingerprint density at radius 3 is 2.46 bits per heavy atom. The van der Waals surface area contributed by atoms with Crippen LogP contribution in [0.1, 0.15) is 32.5 Å². The second-order valence-corrected chi connectivity index (χ2v) is 6.60. The molecule has 2 aromatic rings. The molecule has 0 saturated heterocycles. The van der Waals surface area contributed by atoms with Gasteiger partial charge in [0.25, 0.3) is 0 Å². The number of hydrogen-bond acceptors (Lipinski definition) is 4. The van der Waals surface area contributed by atoms with E-state index in [-0.39, 0.29) is 22.2 Å². The number of halogens is 3. The number of nitrogens with one attached hydrogen (secondary N) is 1. The zero-order valence-electron chi connectivity index (χ0n) is 14.4. The molecule has 0 fully saturated rings. The number of carbonyl (C=O) groups is 1. The van der Waals surface area contributed by atoms with Gasteiger partial charge in [0.1, 0.15) is 10.6 Å². The number of amides is 1. The van der Waals surface area contributed by atoms with E-state index in [1.807, 2.05) is 13.8 Å². The standard InChI is InChI=1S/C18H18F3N3OS/c1-4-17(5-2,6-3)24-14(25)11-26-15-12-9-7-8-10-13(12)22-16(23-15)18(19,20)21/h1,7-10H,5-6,11H2,2-3H3,(H,24,25). The van der Waals surface area contributed by atoms with Crippen molar-refractivity contribution in [1.29, 1.82) is 0 Å². The molecule has 1 aromatic carbocycles. The lowest BCUT2D eigenvalue weighted by Gasteiger charge is -2.26. The first-order chi connectivity index (χ1) is 12.2. The van der Waals surface area contributed by atoms with E-state index in [1.165, 1.54) is 6.07 Å². The lowest BCUT2D eigenvalue weighted by molar-refractivity contribution is -0.145. The minimum Gasteiger partial charge on any atom is -0.339 e. The maximum Gasteiger partial charge on any atom is 0.451 e. The van der Waals surface area contributed by atoms with Crippen molar-refractivity contribution < 1.29 is 18.0 Å². The second kappa shape index (κ2) is 7.96. The summed E-state index contributed by atoms with van der Waals surface area (Å²) in [5, 5.41) is 3.36. The van der Waals surface area contributed by atoms with E-state index in [2.05, 4.69) is 21.2 Å². The van der Waals surface area contributed by atoms with E-state index in [9.17, 15) is 18.0 Å². The number of alkyl halides is 3. The zero-order chi connectivity index (χ0) is 19.4. The number of para-hydroxylation sites is 1. The molecule has 0 atom stereocenters. The Bertz CT molecular complexity index is 842. The van der Waals surface area contributed by atoms with Crippen LogP contribution < -0.4 is 5.32 Å². The predicted molar refractivity (Wildman–Crippen MR) is 95.6 cm³/mol. The summed E-state index contributed by atoms with van der Waals surface area (Å²) in [5.74, 6) is 0.915. The normalized spacial score (nSPS) is 12.0. The molecule has 0 spiro atoms. The van der Waals surface area contributed by atoms with Gasteiger partial charge in [0, 0.05) is 5.39 Å². The first-order valence-electron chi connectivity index (χ1n) is 8.00. The number of benzene rings is 1. The summed E-state index contributed by atoms with van der Waals surface area (Å²) in [6.45, 7) is 3.73. The van der Waals surface area contributed by atoms with Crippen LogP contribution in [0.25, 0.3) is 10.9 Å². The van der Waals surface area contributed by atoms with Crippen molar-refractivity contribution in [3.8, 4) is 12.3 Å². The molecule has 0 aliphatic carbocycles. The van der Waals surface area contributed by atoms with Gasteiger partial charge in [0.2, 0.25) is 11.7 Å². The maximum absolute atomic E-state index is 13.0. The van der Waals surface area contributed by atoms with Crippen LogP contribution in [-0.4, -0.2) is 27.2 Å². The highest BCUT2D eigenvalue weighted by molar-refractivity contribution is 8.00. The lowest BCUT2D eigenvalue weighted by atomic mass is 9.94. The van der Waals surface area contributed by atoms with Crippen molar-refractivity contribution in [2.45, 2.75) is 43.4 Å². The monoisotopic (exact) mass is 381 g/mol. The van der Waals surface area contributed by atoms with Gasteiger partial charge in [-0.1, -0.05) is 49.7 Å². The van der Waals surface area contributed by atoms with E-state index in [4.69, 9.17) is 6.42 Å². The topological polar surface area (TPSA) is 54.9 Å². The van der Waals surface area contributed by atoms with Crippen LogP contribution in [0.15, 0.2) is 29.3 Å². The molecular formula is C18H18F3N3OS. The summed E-state index contributed by atoms with van der Waals surface area (Å²) in [5.41, 5.74) is -0.569. The minimum atomic E-state index is -4.66. The molecule has 8 heteroatoms. The Labute approximate surface area is 154 Å². The van der Waals surface area contributed by atoms with Crippen molar-refractivity contribution in [2.75, 3.05) is 5.75 Å². The number of fused-ring (bicyclic) bond motifs is 1. The van der Waals surface area contributed by atoms with Crippen LogP contribution in [0.3, 0.4) is 0 Å². The van der Waals surface area contributed by atoms with E-state index >= 15 is 0 Å². The third kappa shape index (κ3) is 4.47. The molecule has 1 amide bonds. The molecule has 26 heavy (non-hydrogen) atoms. The zero-order valence-corrected chi connectivity index (χ0v) is 15.2. The largest absolute Gasteiger partial charge is 0.451 e. The average molecular weight is 381 g/mol. The molecule has 4 nitrogen and oxygen atoms in total. The quantitative estimate of drug-likeness (QED) is 0.466. The van der Waals surface area contributed by atoms with Crippen molar-refractivity contribution in [2.24, 2.45) is 0 Å². The smallest absolute Gasteiger partial charge is 0.339 e. The predicted octanol–water partition coefficient (Wildman–Crippen LogP) is 4.05. The molecule has 0 unspecified atom stereocenters. The molecule has 2 rings (SSSR count). The van der Waals surface area contributed by atoms with Crippen LogP contribution >= 0.6 is 11.8 Å². The van der Waals surface area contributed by atoms with Gasteiger partial charge in [-0.2, -0.15) is 13.2 Å². The number of thioether (sulfide) groups is 1. The lowest BCUT2D eigenvalue weighted by Crippen LogP contribution is -2.47. The summed E-state index contributed by atoms with van der Waals surface area (Å²) < 4.78 is 39.1. The Morgan fingerprint density at radius 2 is 1.88 bits per heavy atom. The fraction of sp³-hybridized carbons (Fsp3) is 0.389. The number of rotatable bonds is 6. The number of hydrogen-bond donors (Lipinski definition) is 1. The summed E-state index contributed by atoms with van der Waals surface area (Å²) >= 11 is 0.929. The third-order valence-electron chi connectivity index (χ3n) is 4.02. The summed E-state index contributed by atoms with van der Waals surface area (Å²) in [6.07, 6.45) is 1.97. The molecule has 138 valence electrons. The highest BCUT2D eigenvalue weighted by Crippen LogP contribution is 2.32. The average Bonchev–Trinajstić information content (AvgIpc) is 2.63. The summed E-state index contributed by atoms with van der Waals surface area (Å²) in [4.78, 5) is 19.4. The fourth-order valence-corrected chi connectivity index (χ4v) is 3.21. The first kappa shape index (κ1) is 20.0. The van der Waals surface area contributed by atoms with E-state index in [0.717, 1.165) is 11.8 Å². The number of aromatic nitrogens is 2.